The average molecular weight is 155 g/mol. The second-order valence-corrected chi connectivity index (χ2v) is 5.21. The second-order valence-electron chi connectivity index (χ2n) is 5.21. The van der Waals surface area contributed by atoms with E-state index in [0.717, 1.165) is 12.0 Å². The zero-order valence-electron chi connectivity index (χ0n) is 8.28. The maximum absolute atomic E-state index is 3.56. The lowest BCUT2D eigenvalue weighted by molar-refractivity contribution is 0.323. The van der Waals surface area contributed by atoms with E-state index in [1.807, 2.05) is 0 Å². The molecule has 1 aliphatic rings. The van der Waals surface area contributed by atoms with Crippen LogP contribution in [-0.2, 0) is 0 Å². The molecule has 1 N–H and O–H groups in total. The van der Waals surface area contributed by atoms with Crippen LogP contribution < -0.4 is 5.32 Å². The lowest BCUT2D eigenvalue weighted by Crippen LogP contribution is -2.26. The Bertz CT molecular complexity index is 123. The third-order valence-electron chi connectivity index (χ3n) is 2.30. The third-order valence-corrected chi connectivity index (χ3v) is 2.30. The molecular weight excluding hydrogens is 134 g/mol. The third kappa shape index (κ3) is 3.24. The van der Waals surface area contributed by atoms with Crippen molar-refractivity contribution in [3.05, 3.63) is 0 Å². The summed E-state index contributed by atoms with van der Waals surface area (Å²) in [6.07, 6.45) is 2.69. The second kappa shape index (κ2) is 3.14. The number of rotatable bonds is 1. The molecule has 1 aliphatic heterocycles. The normalized spacial score (nSPS) is 32.7. The molecule has 1 heteroatoms. The first kappa shape index (κ1) is 9.05. The van der Waals surface area contributed by atoms with Gasteiger partial charge in [-0.15, -0.1) is 0 Å². The minimum Gasteiger partial charge on any atom is -0.314 e. The number of hydrogen-bond donors (Lipinski definition) is 1. The molecule has 1 heterocycles. The maximum atomic E-state index is 3.56. The summed E-state index contributed by atoms with van der Waals surface area (Å²) in [5.41, 5.74) is 0.488. The molecule has 1 saturated heterocycles. The molecule has 0 unspecified atom stereocenters. The highest BCUT2D eigenvalue weighted by atomic mass is 14.9. The van der Waals surface area contributed by atoms with Crippen LogP contribution in [0.3, 0.4) is 0 Å². The van der Waals surface area contributed by atoms with Gasteiger partial charge in [-0.05, 0) is 30.7 Å². The summed E-state index contributed by atoms with van der Waals surface area (Å²) in [4.78, 5) is 0. The molecule has 0 aromatic rings. The van der Waals surface area contributed by atoms with Gasteiger partial charge in [-0.1, -0.05) is 27.7 Å². The Morgan fingerprint density at radius 2 is 2.00 bits per heavy atom. The predicted molar refractivity (Wildman–Crippen MR) is 49.6 cm³/mol. The van der Waals surface area contributed by atoms with Crippen molar-refractivity contribution in [2.24, 2.45) is 11.3 Å². The fourth-order valence-electron chi connectivity index (χ4n) is 1.91. The molecule has 0 spiro atoms. The van der Waals surface area contributed by atoms with Gasteiger partial charge in [-0.3, -0.25) is 0 Å². The van der Waals surface area contributed by atoms with E-state index >= 15 is 0 Å². The molecule has 0 bridgehead atoms. The molecule has 66 valence electrons. The smallest absolute Gasteiger partial charge is 0.00751 e. The van der Waals surface area contributed by atoms with E-state index in [1.54, 1.807) is 0 Å². The van der Waals surface area contributed by atoms with Gasteiger partial charge in [-0.25, -0.2) is 0 Å². The fourth-order valence-corrected chi connectivity index (χ4v) is 1.91. The first-order chi connectivity index (χ1) is 4.97. The van der Waals surface area contributed by atoms with E-state index in [-0.39, 0.29) is 0 Å². The van der Waals surface area contributed by atoms with Crippen molar-refractivity contribution in [1.29, 1.82) is 0 Å². The molecular formula is C10H21N. The van der Waals surface area contributed by atoms with E-state index in [1.165, 1.54) is 19.4 Å². The highest BCUT2D eigenvalue weighted by Gasteiger charge is 2.24. The summed E-state index contributed by atoms with van der Waals surface area (Å²) in [5.74, 6) is 0.891. The van der Waals surface area contributed by atoms with E-state index in [4.69, 9.17) is 0 Å². The van der Waals surface area contributed by atoms with Crippen LogP contribution in [-0.4, -0.2) is 12.6 Å². The van der Waals surface area contributed by atoms with E-state index in [0.29, 0.717) is 5.41 Å². The molecule has 0 amide bonds. The topological polar surface area (TPSA) is 12.0 Å². The molecule has 0 aromatic carbocycles. The molecule has 1 fully saturated rings. The van der Waals surface area contributed by atoms with Crippen molar-refractivity contribution < 1.29 is 0 Å². The van der Waals surface area contributed by atoms with Crippen LogP contribution in [0, 0.1) is 11.3 Å². The summed E-state index contributed by atoms with van der Waals surface area (Å²) >= 11 is 0. The van der Waals surface area contributed by atoms with Crippen LogP contribution >= 0.6 is 0 Å². The predicted octanol–water partition coefficient (Wildman–Crippen LogP) is 2.42. The Kier molecular flexibility index (Phi) is 2.58. The van der Waals surface area contributed by atoms with Crippen molar-refractivity contribution in [2.45, 2.75) is 46.6 Å². The van der Waals surface area contributed by atoms with Crippen molar-refractivity contribution >= 4 is 0 Å². The lowest BCUT2D eigenvalue weighted by Gasteiger charge is -2.22. The van der Waals surface area contributed by atoms with Gasteiger partial charge in [0.25, 0.3) is 0 Å². The first-order valence-electron chi connectivity index (χ1n) is 4.71. The molecule has 0 aliphatic carbocycles. The summed E-state index contributed by atoms with van der Waals surface area (Å²) < 4.78 is 0. The molecule has 1 nitrogen and oxygen atoms in total. The molecule has 0 saturated carbocycles. The number of hydrogen-bond acceptors (Lipinski definition) is 1. The van der Waals surface area contributed by atoms with Gasteiger partial charge in [0, 0.05) is 6.04 Å². The molecule has 0 aromatic heterocycles. The van der Waals surface area contributed by atoms with Gasteiger partial charge in [-0.2, -0.15) is 0 Å². The zero-order valence-corrected chi connectivity index (χ0v) is 8.28. The quantitative estimate of drug-likeness (QED) is 0.613. The standard InChI is InChI=1S/C10H21N/c1-8-5-9(11-7-8)6-10(2,3)4/h8-9,11H,5-7H2,1-4H3/t8-,9-/m0/s1. The van der Waals surface area contributed by atoms with Crippen molar-refractivity contribution in [3.8, 4) is 0 Å². The van der Waals surface area contributed by atoms with Crippen molar-refractivity contribution in [1.82, 2.24) is 5.32 Å². The van der Waals surface area contributed by atoms with Crippen molar-refractivity contribution in [3.63, 3.8) is 0 Å². The Hall–Kier alpha value is -0.0400. The SMILES string of the molecule is C[C@@H]1CN[C@H](CC(C)(C)C)C1. The van der Waals surface area contributed by atoms with Gasteiger partial charge >= 0.3 is 0 Å². The first-order valence-corrected chi connectivity index (χ1v) is 4.71. The monoisotopic (exact) mass is 155 g/mol. The Balaban J connectivity index is 2.29. The Morgan fingerprint density at radius 1 is 1.36 bits per heavy atom. The minimum atomic E-state index is 0.488. The van der Waals surface area contributed by atoms with E-state index in [9.17, 15) is 0 Å². The lowest BCUT2D eigenvalue weighted by atomic mass is 9.87. The van der Waals surface area contributed by atoms with Crippen LogP contribution in [0.4, 0.5) is 0 Å². The van der Waals surface area contributed by atoms with Crippen LogP contribution in [0.15, 0.2) is 0 Å². The van der Waals surface area contributed by atoms with Crippen LogP contribution in [0.2, 0.25) is 0 Å². The average Bonchev–Trinajstić information content (AvgIpc) is 2.10. The highest BCUT2D eigenvalue weighted by molar-refractivity contribution is 4.82. The van der Waals surface area contributed by atoms with Crippen molar-refractivity contribution in [2.75, 3.05) is 6.54 Å². The van der Waals surface area contributed by atoms with Gasteiger partial charge in [0.2, 0.25) is 0 Å². The van der Waals surface area contributed by atoms with Gasteiger partial charge < -0.3 is 5.32 Å². The van der Waals surface area contributed by atoms with Gasteiger partial charge in [0.1, 0.15) is 0 Å². The highest BCUT2D eigenvalue weighted by Crippen LogP contribution is 2.26. The summed E-state index contributed by atoms with van der Waals surface area (Å²) in [7, 11) is 0. The molecule has 11 heavy (non-hydrogen) atoms. The van der Waals surface area contributed by atoms with Gasteiger partial charge in [0.05, 0.1) is 0 Å². The maximum Gasteiger partial charge on any atom is 0.00751 e. The van der Waals surface area contributed by atoms with Crippen LogP contribution in [0.5, 0.6) is 0 Å². The molecule has 0 radical (unpaired) electrons. The van der Waals surface area contributed by atoms with Crippen LogP contribution in [0.1, 0.15) is 40.5 Å². The molecule has 1 rings (SSSR count). The summed E-state index contributed by atoms with van der Waals surface area (Å²) in [5, 5.41) is 3.56. The van der Waals surface area contributed by atoms with E-state index < -0.39 is 0 Å². The van der Waals surface area contributed by atoms with Gasteiger partial charge in [0.15, 0.2) is 0 Å². The summed E-state index contributed by atoms with van der Waals surface area (Å²) in [6, 6.07) is 0.782. The van der Waals surface area contributed by atoms with E-state index in [2.05, 4.69) is 33.0 Å². The Labute approximate surface area is 70.6 Å². The minimum absolute atomic E-state index is 0.488. The zero-order chi connectivity index (χ0) is 8.48. The molecule has 2 atom stereocenters. The largest absolute Gasteiger partial charge is 0.314 e. The summed E-state index contributed by atoms with van der Waals surface area (Å²) in [6.45, 7) is 10.5. The number of nitrogens with one attached hydrogen (secondary N) is 1. The fraction of sp³-hybridized carbons (Fsp3) is 1.00. The van der Waals surface area contributed by atoms with Crippen LogP contribution in [0.25, 0.3) is 0 Å². The Morgan fingerprint density at radius 3 is 2.36 bits per heavy atom.